The molecule has 0 spiro atoms. The molecule has 21 heavy (non-hydrogen) atoms. The molecule has 1 aromatic rings. The lowest BCUT2D eigenvalue weighted by Crippen LogP contribution is -2.28. The first-order chi connectivity index (χ1) is 9.77. The van der Waals surface area contributed by atoms with Crippen molar-refractivity contribution < 1.29 is 14.7 Å². The van der Waals surface area contributed by atoms with E-state index in [9.17, 15) is 14.7 Å². The molecule has 1 atom stereocenters. The van der Waals surface area contributed by atoms with Gasteiger partial charge in [-0.15, -0.1) is 0 Å². The summed E-state index contributed by atoms with van der Waals surface area (Å²) < 4.78 is 0. The van der Waals surface area contributed by atoms with Gasteiger partial charge in [0.25, 0.3) is 0 Å². The lowest BCUT2D eigenvalue weighted by molar-refractivity contribution is -0.142. The van der Waals surface area contributed by atoms with Crippen LogP contribution < -0.4 is 5.32 Å². The Hall–Kier alpha value is -1.84. The molecule has 116 valence electrons. The number of aliphatic carboxylic acids is 1. The largest absolute Gasteiger partial charge is 0.481 e. The Bertz CT molecular complexity index is 491. The van der Waals surface area contributed by atoms with Gasteiger partial charge in [-0.1, -0.05) is 38.8 Å². The zero-order valence-electron chi connectivity index (χ0n) is 13.3. The minimum Gasteiger partial charge on any atom is -0.481 e. The highest BCUT2D eigenvalue weighted by Gasteiger charge is 2.29. The third-order valence-electron chi connectivity index (χ3n) is 3.74. The monoisotopic (exact) mass is 291 g/mol. The van der Waals surface area contributed by atoms with Gasteiger partial charge in [0.2, 0.25) is 5.91 Å². The second-order valence-corrected chi connectivity index (χ2v) is 6.15. The van der Waals surface area contributed by atoms with Gasteiger partial charge >= 0.3 is 5.97 Å². The molecule has 0 aromatic heterocycles. The highest BCUT2D eigenvalue weighted by molar-refractivity contribution is 5.91. The predicted octanol–water partition coefficient (Wildman–Crippen LogP) is 3.81. The van der Waals surface area contributed by atoms with Gasteiger partial charge in [0, 0.05) is 12.1 Å². The molecule has 1 aromatic carbocycles. The smallest absolute Gasteiger partial charge is 0.313 e. The summed E-state index contributed by atoms with van der Waals surface area (Å²) in [5.41, 5.74) is 0.485. The molecule has 0 bridgehead atoms. The van der Waals surface area contributed by atoms with Crippen LogP contribution in [0.1, 0.15) is 52.5 Å². The van der Waals surface area contributed by atoms with Gasteiger partial charge in [-0.3, -0.25) is 9.59 Å². The van der Waals surface area contributed by atoms with Crippen molar-refractivity contribution in [1.82, 2.24) is 0 Å². The van der Waals surface area contributed by atoms with Crippen molar-refractivity contribution in [2.45, 2.75) is 52.4 Å². The molecule has 0 aliphatic rings. The van der Waals surface area contributed by atoms with Gasteiger partial charge in [0.05, 0.1) is 5.41 Å². The van der Waals surface area contributed by atoms with Crippen molar-refractivity contribution in [2.75, 3.05) is 5.32 Å². The quantitative estimate of drug-likeness (QED) is 0.802. The molecular formula is C17H25NO3. The number of anilines is 1. The maximum absolute atomic E-state index is 11.9. The molecule has 1 rings (SSSR count). The number of carbonyl (C=O) groups is 2. The number of carboxylic acid groups (broad SMARTS) is 1. The van der Waals surface area contributed by atoms with E-state index in [4.69, 9.17) is 0 Å². The van der Waals surface area contributed by atoms with Crippen LogP contribution in [0.25, 0.3) is 0 Å². The van der Waals surface area contributed by atoms with Crippen LogP contribution in [-0.2, 0) is 15.0 Å². The first-order valence-corrected chi connectivity index (χ1v) is 7.41. The summed E-state index contributed by atoms with van der Waals surface area (Å²) in [5, 5.41) is 12.0. The SMILES string of the molecule is CCCC(C)CC(=O)Nc1ccc(C(C)(C)C(=O)O)cc1. The lowest BCUT2D eigenvalue weighted by atomic mass is 9.85. The summed E-state index contributed by atoms with van der Waals surface area (Å²) >= 11 is 0. The molecule has 0 fully saturated rings. The zero-order valence-corrected chi connectivity index (χ0v) is 13.3. The van der Waals surface area contributed by atoms with E-state index in [0.29, 0.717) is 23.6 Å². The summed E-state index contributed by atoms with van der Waals surface area (Å²) in [6.07, 6.45) is 2.63. The Morgan fingerprint density at radius 1 is 1.24 bits per heavy atom. The molecule has 2 N–H and O–H groups in total. The van der Waals surface area contributed by atoms with Crippen molar-refractivity contribution in [2.24, 2.45) is 5.92 Å². The van der Waals surface area contributed by atoms with E-state index < -0.39 is 11.4 Å². The van der Waals surface area contributed by atoms with Crippen LogP contribution in [0.15, 0.2) is 24.3 Å². The third kappa shape index (κ3) is 4.88. The topological polar surface area (TPSA) is 66.4 Å². The van der Waals surface area contributed by atoms with Crippen LogP contribution in [0.4, 0.5) is 5.69 Å². The van der Waals surface area contributed by atoms with Gasteiger partial charge in [0.15, 0.2) is 0 Å². The Labute approximate surface area is 126 Å². The van der Waals surface area contributed by atoms with Crippen molar-refractivity contribution >= 4 is 17.6 Å². The van der Waals surface area contributed by atoms with Crippen LogP contribution in [0.3, 0.4) is 0 Å². The number of hydrogen-bond acceptors (Lipinski definition) is 2. The molecule has 0 aliphatic carbocycles. The number of carboxylic acids is 1. The molecule has 1 amide bonds. The number of hydrogen-bond donors (Lipinski definition) is 2. The van der Waals surface area contributed by atoms with E-state index in [1.54, 1.807) is 38.1 Å². The van der Waals surface area contributed by atoms with Crippen LogP contribution >= 0.6 is 0 Å². The maximum atomic E-state index is 11.9. The van der Waals surface area contributed by atoms with E-state index in [0.717, 1.165) is 12.8 Å². The fourth-order valence-electron chi connectivity index (χ4n) is 2.22. The summed E-state index contributed by atoms with van der Waals surface area (Å²) in [4.78, 5) is 23.1. The first-order valence-electron chi connectivity index (χ1n) is 7.41. The Morgan fingerprint density at radius 2 is 1.81 bits per heavy atom. The van der Waals surface area contributed by atoms with E-state index in [2.05, 4.69) is 19.2 Å². The first kappa shape index (κ1) is 17.2. The number of benzene rings is 1. The Morgan fingerprint density at radius 3 is 2.29 bits per heavy atom. The molecule has 0 saturated heterocycles. The van der Waals surface area contributed by atoms with Crippen molar-refractivity contribution in [1.29, 1.82) is 0 Å². The highest BCUT2D eigenvalue weighted by atomic mass is 16.4. The second-order valence-electron chi connectivity index (χ2n) is 6.15. The highest BCUT2D eigenvalue weighted by Crippen LogP contribution is 2.25. The minimum atomic E-state index is -0.932. The van der Waals surface area contributed by atoms with E-state index in [-0.39, 0.29) is 5.91 Å². The number of amides is 1. The molecule has 4 heteroatoms. The van der Waals surface area contributed by atoms with E-state index >= 15 is 0 Å². The van der Waals surface area contributed by atoms with E-state index in [1.807, 2.05) is 0 Å². The summed E-state index contributed by atoms with van der Waals surface area (Å²) in [5.74, 6) is -0.492. The zero-order chi connectivity index (χ0) is 16.0. The van der Waals surface area contributed by atoms with Gasteiger partial charge in [-0.2, -0.15) is 0 Å². The predicted molar refractivity (Wildman–Crippen MR) is 84.4 cm³/mol. The number of rotatable bonds is 7. The summed E-state index contributed by atoms with van der Waals surface area (Å²) in [7, 11) is 0. The van der Waals surface area contributed by atoms with E-state index in [1.165, 1.54) is 0 Å². The number of nitrogens with one attached hydrogen (secondary N) is 1. The molecule has 0 saturated carbocycles. The summed E-state index contributed by atoms with van der Waals surface area (Å²) in [6.45, 7) is 7.50. The van der Waals surface area contributed by atoms with Gasteiger partial charge < -0.3 is 10.4 Å². The van der Waals surface area contributed by atoms with Gasteiger partial charge in [-0.25, -0.2) is 0 Å². The Kier molecular flexibility index (Phi) is 5.94. The molecular weight excluding hydrogens is 266 g/mol. The average molecular weight is 291 g/mol. The Balaban J connectivity index is 2.67. The van der Waals surface area contributed by atoms with Crippen LogP contribution in [-0.4, -0.2) is 17.0 Å². The van der Waals surface area contributed by atoms with Crippen molar-refractivity contribution in [3.8, 4) is 0 Å². The lowest BCUT2D eigenvalue weighted by Gasteiger charge is -2.20. The van der Waals surface area contributed by atoms with Gasteiger partial charge in [0.1, 0.15) is 0 Å². The minimum absolute atomic E-state index is 0.00111. The van der Waals surface area contributed by atoms with Crippen LogP contribution in [0.5, 0.6) is 0 Å². The average Bonchev–Trinajstić information content (AvgIpc) is 2.39. The molecule has 1 unspecified atom stereocenters. The maximum Gasteiger partial charge on any atom is 0.313 e. The second kappa shape index (κ2) is 7.25. The van der Waals surface area contributed by atoms with Crippen molar-refractivity contribution in [3.63, 3.8) is 0 Å². The molecule has 0 aliphatic heterocycles. The van der Waals surface area contributed by atoms with Crippen LogP contribution in [0, 0.1) is 5.92 Å². The molecule has 0 heterocycles. The fourth-order valence-corrected chi connectivity index (χ4v) is 2.22. The fraction of sp³-hybridized carbons (Fsp3) is 0.529. The third-order valence-corrected chi connectivity index (χ3v) is 3.74. The van der Waals surface area contributed by atoms with Crippen molar-refractivity contribution in [3.05, 3.63) is 29.8 Å². The molecule has 4 nitrogen and oxygen atoms in total. The molecule has 0 radical (unpaired) electrons. The summed E-state index contributed by atoms with van der Waals surface area (Å²) in [6, 6.07) is 7.00. The normalized spacial score (nSPS) is 12.8. The van der Waals surface area contributed by atoms with Crippen LogP contribution in [0.2, 0.25) is 0 Å². The standard InChI is InChI=1S/C17H25NO3/c1-5-6-12(2)11-15(19)18-14-9-7-13(8-10-14)17(3,4)16(20)21/h7-10,12H,5-6,11H2,1-4H3,(H,18,19)(H,20,21). The number of carbonyl (C=O) groups excluding carboxylic acids is 1. The van der Waals surface area contributed by atoms with Gasteiger partial charge in [-0.05, 0) is 37.5 Å².